The van der Waals surface area contributed by atoms with Crippen LogP contribution in [0.5, 0.6) is 0 Å². The average Bonchev–Trinajstić information content (AvgIpc) is 3.35. The summed E-state index contributed by atoms with van der Waals surface area (Å²) in [4.78, 5) is 24.3. The van der Waals surface area contributed by atoms with Gasteiger partial charge in [-0.05, 0) is 49.9 Å². The molecule has 220 valence electrons. The van der Waals surface area contributed by atoms with Crippen LogP contribution in [0.25, 0.3) is 22.0 Å². The maximum absolute atomic E-state index is 13.0. The van der Waals surface area contributed by atoms with E-state index in [9.17, 15) is 27.1 Å². The van der Waals surface area contributed by atoms with Gasteiger partial charge in [0.15, 0.2) is 0 Å². The van der Waals surface area contributed by atoms with Gasteiger partial charge in [0.2, 0.25) is 5.91 Å². The number of hydrogen-bond donors (Lipinski definition) is 2. The number of nitrogens with zero attached hydrogens (tertiary/aromatic N) is 4. The maximum Gasteiger partial charge on any atom is 0.350 e. The molecule has 0 bridgehead atoms. The Morgan fingerprint density at radius 3 is 2.59 bits per heavy atom. The molecule has 0 aliphatic carbocycles. The van der Waals surface area contributed by atoms with Gasteiger partial charge in [-0.1, -0.05) is 18.2 Å². The summed E-state index contributed by atoms with van der Waals surface area (Å²) >= 11 is 0. The molecule has 2 N–H and O–H groups in total. The first-order valence-electron chi connectivity index (χ1n) is 13.5. The number of amides is 1. The first-order chi connectivity index (χ1) is 19.5. The Morgan fingerprint density at radius 1 is 1.12 bits per heavy atom. The number of sulfonamides is 1. The zero-order valence-electron chi connectivity index (χ0n) is 22.8. The van der Waals surface area contributed by atoms with E-state index < -0.39 is 40.4 Å². The van der Waals surface area contributed by atoms with Gasteiger partial charge >= 0.3 is 5.76 Å². The summed E-state index contributed by atoms with van der Waals surface area (Å²) in [5.74, 6) is -3.14. The standard InChI is InChI=1S/C28H33F2N5O5S/c1-17-13-34(14-18(2)40-17)26-5-3-4-25(33-26)19-6-7-20-12-31-22(9-21(20)8-19)11-27(37)32-23-10-24(16-36)35(15-23)41(38,39)28(29)30/h3-9,12,17-18,23-24,28,36H,10-11,13-16H2,1-2H3,(H,32,37)/t17-,18+,23-,24+/m1/s1. The molecule has 0 radical (unpaired) electrons. The van der Waals surface area contributed by atoms with Gasteiger partial charge in [-0.25, -0.2) is 13.4 Å². The second-order valence-electron chi connectivity index (χ2n) is 10.7. The predicted octanol–water partition coefficient (Wildman–Crippen LogP) is 2.56. The molecule has 3 aromatic rings. The fraction of sp³-hybridized carbons (Fsp3) is 0.464. The second kappa shape index (κ2) is 11.9. The summed E-state index contributed by atoms with van der Waals surface area (Å²) in [7, 11) is -4.87. The second-order valence-corrected chi connectivity index (χ2v) is 12.5. The average molecular weight is 590 g/mol. The minimum atomic E-state index is -4.87. The summed E-state index contributed by atoms with van der Waals surface area (Å²) in [5.41, 5.74) is 2.23. The van der Waals surface area contributed by atoms with Crippen LogP contribution in [-0.2, 0) is 26.0 Å². The number of halogens is 2. The summed E-state index contributed by atoms with van der Waals surface area (Å²) in [6.45, 7) is 4.68. The first kappa shape index (κ1) is 29.2. The van der Waals surface area contributed by atoms with Crippen molar-refractivity contribution in [1.82, 2.24) is 19.6 Å². The van der Waals surface area contributed by atoms with Crippen molar-refractivity contribution in [3.63, 3.8) is 0 Å². The Kier molecular flexibility index (Phi) is 8.50. The lowest BCUT2D eigenvalue weighted by atomic mass is 10.0. The van der Waals surface area contributed by atoms with Gasteiger partial charge < -0.3 is 20.1 Å². The Morgan fingerprint density at radius 2 is 1.88 bits per heavy atom. The van der Waals surface area contributed by atoms with E-state index in [1.54, 1.807) is 6.20 Å². The molecule has 2 saturated heterocycles. The fourth-order valence-electron chi connectivity index (χ4n) is 5.58. The van der Waals surface area contributed by atoms with E-state index in [4.69, 9.17) is 9.72 Å². The van der Waals surface area contributed by atoms with Crippen molar-refractivity contribution in [2.75, 3.05) is 31.1 Å². The normalized spacial score (nSPS) is 23.8. The van der Waals surface area contributed by atoms with Crippen LogP contribution in [0.1, 0.15) is 26.0 Å². The number of carbonyl (C=O) groups is 1. The van der Waals surface area contributed by atoms with Crippen molar-refractivity contribution < 1.29 is 31.8 Å². The minimum Gasteiger partial charge on any atom is -0.395 e. The summed E-state index contributed by atoms with van der Waals surface area (Å²) < 4.78 is 56.3. The zero-order valence-corrected chi connectivity index (χ0v) is 23.6. The van der Waals surface area contributed by atoms with E-state index in [2.05, 4.69) is 15.2 Å². The lowest BCUT2D eigenvalue weighted by Crippen LogP contribution is -2.45. The van der Waals surface area contributed by atoms with Crippen LogP contribution in [0, 0.1) is 0 Å². The van der Waals surface area contributed by atoms with Crippen LogP contribution in [0.2, 0.25) is 0 Å². The molecule has 4 atom stereocenters. The number of hydrogen-bond acceptors (Lipinski definition) is 8. The van der Waals surface area contributed by atoms with Crippen LogP contribution < -0.4 is 10.2 Å². The third-order valence-electron chi connectivity index (χ3n) is 7.39. The topological polar surface area (TPSA) is 125 Å². The number of morpholine rings is 1. The SMILES string of the molecule is C[C@@H]1CN(c2cccc(-c3ccc4cnc(CC(=O)N[C@@H]5C[C@@H](CO)N(S(=O)(=O)C(F)F)C5)cc4c3)n2)C[C@H](C)O1. The fourth-order valence-corrected chi connectivity index (χ4v) is 6.74. The summed E-state index contributed by atoms with van der Waals surface area (Å²) in [6.07, 6.45) is 1.86. The van der Waals surface area contributed by atoms with E-state index in [0.29, 0.717) is 10.00 Å². The van der Waals surface area contributed by atoms with Gasteiger partial charge in [-0.15, -0.1) is 0 Å². The van der Waals surface area contributed by atoms with Crippen molar-refractivity contribution in [3.8, 4) is 11.3 Å². The molecule has 0 unspecified atom stereocenters. The lowest BCUT2D eigenvalue weighted by molar-refractivity contribution is -0.121. The molecule has 5 rings (SSSR count). The Balaban J connectivity index is 1.29. The first-order valence-corrected chi connectivity index (χ1v) is 15.0. The zero-order chi connectivity index (χ0) is 29.3. The third kappa shape index (κ3) is 6.48. The number of anilines is 1. The molecule has 2 aliphatic rings. The van der Waals surface area contributed by atoms with Crippen LogP contribution in [-0.4, -0.2) is 90.0 Å². The van der Waals surface area contributed by atoms with Crippen LogP contribution in [0.15, 0.2) is 48.7 Å². The highest BCUT2D eigenvalue weighted by Crippen LogP contribution is 2.27. The van der Waals surface area contributed by atoms with Crippen LogP contribution >= 0.6 is 0 Å². The number of fused-ring (bicyclic) bond motifs is 1. The van der Waals surface area contributed by atoms with Crippen molar-refractivity contribution in [2.45, 2.75) is 56.7 Å². The van der Waals surface area contributed by atoms with Crippen molar-refractivity contribution >= 4 is 32.5 Å². The smallest absolute Gasteiger partial charge is 0.350 e. The molecular weight excluding hydrogens is 556 g/mol. The number of aliphatic hydroxyl groups is 1. The molecule has 2 aromatic heterocycles. The quantitative estimate of drug-likeness (QED) is 0.411. The highest BCUT2D eigenvalue weighted by Gasteiger charge is 2.43. The molecule has 0 spiro atoms. The Bertz CT molecular complexity index is 1510. The molecule has 41 heavy (non-hydrogen) atoms. The van der Waals surface area contributed by atoms with Crippen molar-refractivity contribution in [2.24, 2.45) is 0 Å². The van der Waals surface area contributed by atoms with E-state index in [0.717, 1.165) is 40.9 Å². The largest absolute Gasteiger partial charge is 0.395 e. The van der Waals surface area contributed by atoms with Gasteiger partial charge in [0, 0.05) is 42.8 Å². The van der Waals surface area contributed by atoms with E-state index >= 15 is 0 Å². The third-order valence-corrected chi connectivity index (χ3v) is 8.94. The number of carbonyl (C=O) groups excluding carboxylic acids is 1. The number of aliphatic hydroxyl groups excluding tert-OH is 1. The van der Waals surface area contributed by atoms with Gasteiger partial charge in [-0.3, -0.25) is 9.78 Å². The molecule has 1 amide bonds. The number of nitrogens with one attached hydrogen (secondary N) is 1. The summed E-state index contributed by atoms with van der Waals surface area (Å²) in [6, 6.07) is 11.9. The monoisotopic (exact) mass is 589 g/mol. The molecular formula is C28H33F2N5O5S. The minimum absolute atomic E-state index is 0.0387. The van der Waals surface area contributed by atoms with Crippen LogP contribution in [0.3, 0.4) is 0 Å². The predicted molar refractivity (Wildman–Crippen MR) is 150 cm³/mol. The van der Waals surface area contributed by atoms with E-state index in [-0.39, 0.29) is 31.6 Å². The molecule has 1 aromatic carbocycles. The Hall–Kier alpha value is -3.26. The molecule has 4 heterocycles. The number of alkyl halides is 2. The van der Waals surface area contributed by atoms with Gasteiger partial charge in [0.25, 0.3) is 10.0 Å². The van der Waals surface area contributed by atoms with Gasteiger partial charge in [0.1, 0.15) is 5.82 Å². The molecule has 0 saturated carbocycles. The number of ether oxygens (including phenoxy) is 1. The number of benzene rings is 1. The van der Waals surface area contributed by atoms with E-state index in [1.807, 2.05) is 56.3 Å². The summed E-state index contributed by atoms with van der Waals surface area (Å²) in [5, 5.41) is 13.9. The lowest BCUT2D eigenvalue weighted by Gasteiger charge is -2.36. The Labute approximate surface area is 237 Å². The van der Waals surface area contributed by atoms with E-state index in [1.165, 1.54) is 0 Å². The van der Waals surface area contributed by atoms with Crippen molar-refractivity contribution in [3.05, 3.63) is 54.4 Å². The highest BCUT2D eigenvalue weighted by atomic mass is 32.2. The van der Waals surface area contributed by atoms with Gasteiger partial charge in [0.05, 0.1) is 42.7 Å². The number of aromatic nitrogens is 2. The van der Waals surface area contributed by atoms with Crippen molar-refractivity contribution in [1.29, 1.82) is 0 Å². The van der Waals surface area contributed by atoms with Crippen LogP contribution in [0.4, 0.5) is 14.6 Å². The molecule has 2 fully saturated rings. The molecule has 10 nitrogen and oxygen atoms in total. The number of pyridine rings is 2. The molecule has 13 heteroatoms. The molecule has 2 aliphatic heterocycles. The van der Waals surface area contributed by atoms with Gasteiger partial charge in [-0.2, -0.15) is 13.1 Å². The maximum atomic E-state index is 13.0. The highest BCUT2D eigenvalue weighted by molar-refractivity contribution is 7.89. The number of rotatable bonds is 8.